The van der Waals surface area contributed by atoms with Crippen LogP contribution in [0.4, 0.5) is 8.78 Å². The van der Waals surface area contributed by atoms with Gasteiger partial charge in [-0.15, -0.1) is 0 Å². The molecule has 1 atom stereocenters. The van der Waals surface area contributed by atoms with Gasteiger partial charge in [0, 0.05) is 44.1 Å². The Hall–Kier alpha value is -2.42. The number of alkyl halides is 2. The Morgan fingerprint density at radius 3 is 2.50 bits per heavy atom. The number of halogens is 2. The molecule has 9 heteroatoms. The highest BCUT2D eigenvalue weighted by molar-refractivity contribution is 5.95. The van der Waals surface area contributed by atoms with Gasteiger partial charge in [-0.25, -0.2) is 8.78 Å². The molecule has 2 aliphatic heterocycles. The van der Waals surface area contributed by atoms with Gasteiger partial charge >= 0.3 is 0 Å². The Morgan fingerprint density at radius 2 is 1.88 bits per heavy atom. The minimum atomic E-state index is -2.57. The standard InChI is InChI=1S/C23H30F2N2O5/c1-30-18-4-3-16(13-19(18)31-2)21(29)26-10-7-22(8-11-26)15-27(20(28)6-12-32-22)9-5-17-14-23(17,24)25/h3-4,13,17H,5-12,14-15H2,1-2H3. The maximum absolute atomic E-state index is 13.2. The van der Waals surface area contributed by atoms with Gasteiger partial charge in [-0.05, 0) is 37.5 Å². The molecule has 0 bridgehead atoms. The monoisotopic (exact) mass is 452 g/mol. The van der Waals surface area contributed by atoms with Crippen LogP contribution < -0.4 is 9.47 Å². The lowest BCUT2D eigenvalue weighted by Gasteiger charge is -2.42. The van der Waals surface area contributed by atoms with Crippen molar-refractivity contribution in [3.63, 3.8) is 0 Å². The Labute approximate surface area is 186 Å². The van der Waals surface area contributed by atoms with E-state index in [1.54, 1.807) is 35.1 Å². The van der Waals surface area contributed by atoms with E-state index in [1.807, 2.05) is 0 Å². The number of methoxy groups -OCH3 is 2. The molecule has 1 aromatic rings. The number of hydrogen-bond donors (Lipinski definition) is 0. The van der Waals surface area contributed by atoms with Crippen molar-refractivity contribution in [2.45, 2.75) is 43.6 Å². The van der Waals surface area contributed by atoms with Gasteiger partial charge in [-0.1, -0.05) is 0 Å². The van der Waals surface area contributed by atoms with E-state index in [2.05, 4.69) is 0 Å². The third-order valence-electron chi connectivity index (χ3n) is 6.85. The summed E-state index contributed by atoms with van der Waals surface area (Å²) in [4.78, 5) is 29.0. The van der Waals surface area contributed by atoms with Gasteiger partial charge in [-0.3, -0.25) is 9.59 Å². The molecule has 1 saturated carbocycles. The second-order valence-corrected chi connectivity index (χ2v) is 8.91. The Bertz CT molecular complexity index is 870. The van der Waals surface area contributed by atoms with Crippen LogP contribution in [0.5, 0.6) is 11.5 Å². The van der Waals surface area contributed by atoms with Gasteiger partial charge < -0.3 is 24.0 Å². The van der Waals surface area contributed by atoms with E-state index in [9.17, 15) is 18.4 Å². The summed E-state index contributed by atoms with van der Waals surface area (Å²) in [5, 5.41) is 0. The van der Waals surface area contributed by atoms with E-state index in [0.29, 0.717) is 69.1 Å². The largest absolute Gasteiger partial charge is 0.493 e. The quantitative estimate of drug-likeness (QED) is 0.664. The zero-order valence-electron chi connectivity index (χ0n) is 18.6. The van der Waals surface area contributed by atoms with Crippen LogP contribution in [-0.2, 0) is 9.53 Å². The molecule has 2 saturated heterocycles. The first kappa shape index (κ1) is 22.8. The van der Waals surface area contributed by atoms with Crippen molar-refractivity contribution >= 4 is 11.8 Å². The topological polar surface area (TPSA) is 68.3 Å². The van der Waals surface area contributed by atoms with Gasteiger partial charge in [0.2, 0.25) is 5.91 Å². The molecule has 3 fully saturated rings. The predicted octanol–water partition coefficient (Wildman–Crippen LogP) is 2.97. The Morgan fingerprint density at radius 1 is 1.19 bits per heavy atom. The van der Waals surface area contributed by atoms with Crippen molar-refractivity contribution < 1.29 is 32.6 Å². The van der Waals surface area contributed by atoms with E-state index in [4.69, 9.17) is 14.2 Å². The van der Waals surface area contributed by atoms with Crippen LogP contribution in [0.3, 0.4) is 0 Å². The zero-order valence-corrected chi connectivity index (χ0v) is 18.6. The van der Waals surface area contributed by atoms with Gasteiger partial charge in [0.05, 0.1) is 32.8 Å². The number of amides is 2. The molecule has 176 valence electrons. The number of ether oxygens (including phenoxy) is 3. The van der Waals surface area contributed by atoms with Crippen LogP contribution in [0.15, 0.2) is 18.2 Å². The van der Waals surface area contributed by atoms with Crippen LogP contribution in [-0.4, -0.2) is 80.1 Å². The smallest absolute Gasteiger partial charge is 0.253 e. The summed E-state index contributed by atoms with van der Waals surface area (Å²) in [6, 6.07) is 5.09. The van der Waals surface area contributed by atoms with Crippen molar-refractivity contribution in [2.75, 3.05) is 47.0 Å². The summed E-state index contributed by atoms with van der Waals surface area (Å²) in [6.45, 7) is 2.03. The van der Waals surface area contributed by atoms with Crippen LogP contribution in [0.2, 0.25) is 0 Å². The first-order valence-corrected chi connectivity index (χ1v) is 11.1. The van der Waals surface area contributed by atoms with Gasteiger partial charge in [0.15, 0.2) is 11.5 Å². The van der Waals surface area contributed by atoms with Crippen molar-refractivity contribution in [3.05, 3.63) is 23.8 Å². The number of nitrogens with zero attached hydrogens (tertiary/aromatic N) is 2. The number of piperidine rings is 1. The Kier molecular flexibility index (Phi) is 6.29. The summed E-state index contributed by atoms with van der Waals surface area (Å²) in [5.41, 5.74) is -0.0189. The van der Waals surface area contributed by atoms with E-state index in [1.165, 1.54) is 7.11 Å². The van der Waals surface area contributed by atoms with E-state index < -0.39 is 17.4 Å². The number of carbonyl (C=O) groups is 2. The molecule has 2 heterocycles. The number of rotatable bonds is 6. The fraction of sp³-hybridized carbons (Fsp3) is 0.652. The van der Waals surface area contributed by atoms with E-state index >= 15 is 0 Å². The molecule has 0 radical (unpaired) electrons. The lowest BCUT2D eigenvalue weighted by molar-refractivity contribution is -0.132. The molecule has 0 aromatic heterocycles. The minimum Gasteiger partial charge on any atom is -0.493 e. The summed E-state index contributed by atoms with van der Waals surface area (Å²) < 4.78 is 43.1. The fourth-order valence-corrected chi connectivity index (χ4v) is 4.66. The average molecular weight is 452 g/mol. The summed E-state index contributed by atoms with van der Waals surface area (Å²) >= 11 is 0. The van der Waals surface area contributed by atoms with Crippen molar-refractivity contribution in [1.29, 1.82) is 0 Å². The normalized spacial score (nSPS) is 24.2. The minimum absolute atomic E-state index is 0.0466. The molecule has 1 unspecified atom stereocenters. The summed E-state index contributed by atoms with van der Waals surface area (Å²) in [7, 11) is 3.07. The van der Waals surface area contributed by atoms with Crippen molar-refractivity contribution in [1.82, 2.24) is 9.80 Å². The molecule has 7 nitrogen and oxygen atoms in total. The molecule has 0 N–H and O–H groups in total. The van der Waals surface area contributed by atoms with Gasteiger partial charge in [0.1, 0.15) is 0 Å². The highest BCUT2D eigenvalue weighted by Crippen LogP contribution is 2.50. The fourth-order valence-electron chi connectivity index (χ4n) is 4.66. The van der Waals surface area contributed by atoms with Gasteiger partial charge in [-0.2, -0.15) is 0 Å². The van der Waals surface area contributed by atoms with Crippen molar-refractivity contribution in [2.24, 2.45) is 5.92 Å². The SMILES string of the molecule is COc1ccc(C(=O)N2CCC3(CC2)CN(CCC2CC2(F)F)C(=O)CCO3)cc1OC. The molecule has 1 aliphatic carbocycles. The van der Waals surface area contributed by atoms with E-state index in [0.717, 1.165) is 0 Å². The molecule has 3 aliphatic rings. The summed E-state index contributed by atoms with van der Waals surface area (Å²) in [5.74, 6) is -2.28. The second kappa shape index (κ2) is 8.84. The van der Waals surface area contributed by atoms with Crippen LogP contribution in [0.1, 0.15) is 42.5 Å². The third kappa shape index (κ3) is 4.67. The second-order valence-electron chi connectivity index (χ2n) is 8.91. The highest BCUT2D eigenvalue weighted by atomic mass is 19.3. The zero-order chi connectivity index (χ0) is 22.9. The van der Waals surface area contributed by atoms with Crippen molar-refractivity contribution in [3.8, 4) is 11.5 Å². The number of hydrogen-bond acceptors (Lipinski definition) is 5. The number of benzene rings is 1. The number of carbonyl (C=O) groups excluding carboxylic acids is 2. The Balaban J connectivity index is 1.38. The van der Waals surface area contributed by atoms with Crippen LogP contribution in [0.25, 0.3) is 0 Å². The number of likely N-dealkylation sites (tertiary alicyclic amines) is 1. The molecule has 2 amide bonds. The lowest BCUT2D eigenvalue weighted by Crippen LogP contribution is -2.53. The van der Waals surface area contributed by atoms with E-state index in [-0.39, 0.29) is 24.7 Å². The lowest BCUT2D eigenvalue weighted by atomic mass is 9.90. The average Bonchev–Trinajstić information content (AvgIpc) is 3.45. The predicted molar refractivity (Wildman–Crippen MR) is 112 cm³/mol. The maximum Gasteiger partial charge on any atom is 0.253 e. The van der Waals surface area contributed by atoms with Crippen LogP contribution >= 0.6 is 0 Å². The molecule has 4 rings (SSSR count). The maximum atomic E-state index is 13.2. The first-order valence-electron chi connectivity index (χ1n) is 11.1. The molecule has 1 aromatic carbocycles. The molecule has 1 spiro atoms. The molecule has 32 heavy (non-hydrogen) atoms. The first-order chi connectivity index (χ1) is 15.3. The molecular formula is C23H30F2N2O5. The van der Waals surface area contributed by atoms with Gasteiger partial charge in [0.25, 0.3) is 11.8 Å². The molecular weight excluding hydrogens is 422 g/mol. The third-order valence-corrected chi connectivity index (χ3v) is 6.85. The highest BCUT2D eigenvalue weighted by Gasteiger charge is 2.56. The van der Waals surface area contributed by atoms with Crippen LogP contribution in [0, 0.1) is 5.92 Å². The summed E-state index contributed by atoms with van der Waals surface area (Å²) in [6.07, 6.45) is 1.69.